The van der Waals surface area contributed by atoms with Crippen LogP contribution in [0, 0.1) is 6.92 Å². The number of aromatic nitrogens is 1. The molecule has 2 N–H and O–H groups in total. The first-order valence-electron chi connectivity index (χ1n) is 6.56. The zero-order chi connectivity index (χ0) is 14.4. The summed E-state index contributed by atoms with van der Waals surface area (Å²) in [5, 5.41) is 12.2. The molecule has 0 fully saturated rings. The van der Waals surface area contributed by atoms with Crippen molar-refractivity contribution in [2.24, 2.45) is 0 Å². The van der Waals surface area contributed by atoms with Gasteiger partial charge in [-0.3, -0.25) is 9.78 Å². The molecule has 0 spiro atoms. The van der Waals surface area contributed by atoms with Gasteiger partial charge in [0.1, 0.15) is 0 Å². The van der Waals surface area contributed by atoms with E-state index in [0.29, 0.717) is 13.1 Å². The minimum absolute atomic E-state index is 0.0595. The Morgan fingerprint density at radius 3 is 2.55 bits per heavy atom. The topological polar surface area (TPSA) is 62.2 Å². The average molecular weight is 270 g/mol. The molecule has 4 heteroatoms. The van der Waals surface area contributed by atoms with Crippen molar-refractivity contribution in [1.82, 2.24) is 10.3 Å². The predicted octanol–water partition coefficient (Wildman–Crippen LogP) is 2.31. The summed E-state index contributed by atoms with van der Waals surface area (Å²) in [4.78, 5) is 15.1. The van der Waals surface area contributed by atoms with Crippen LogP contribution in [0.5, 0.6) is 0 Å². The molecule has 0 saturated carbocycles. The first kappa shape index (κ1) is 14.2. The van der Waals surface area contributed by atoms with Gasteiger partial charge in [-0.25, -0.2) is 0 Å². The number of rotatable bonds is 6. The highest BCUT2D eigenvalue weighted by Crippen LogP contribution is 2.10. The van der Waals surface area contributed by atoms with Crippen molar-refractivity contribution in [3.63, 3.8) is 0 Å². The fraction of sp³-hybridized carbons (Fsp3) is 0.250. The molecule has 0 aliphatic carbocycles. The number of pyridine rings is 1. The van der Waals surface area contributed by atoms with E-state index in [-0.39, 0.29) is 6.42 Å². The van der Waals surface area contributed by atoms with Gasteiger partial charge < -0.3 is 10.4 Å². The van der Waals surface area contributed by atoms with Gasteiger partial charge in [-0.05, 0) is 29.7 Å². The minimum atomic E-state index is -0.805. The normalized spacial score (nSPS) is 10.4. The summed E-state index contributed by atoms with van der Waals surface area (Å²) in [6.07, 6.45) is 1.91. The molecule has 2 aromatic rings. The quantitative estimate of drug-likeness (QED) is 0.845. The minimum Gasteiger partial charge on any atom is -0.481 e. The van der Waals surface area contributed by atoms with E-state index < -0.39 is 5.97 Å². The highest BCUT2D eigenvalue weighted by Gasteiger charge is 2.05. The molecule has 0 unspecified atom stereocenters. The Labute approximate surface area is 118 Å². The van der Waals surface area contributed by atoms with Crippen molar-refractivity contribution in [2.45, 2.75) is 26.4 Å². The molecule has 4 nitrogen and oxygen atoms in total. The third-order valence-electron chi connectivity index (χ3n) is 3.08. The highest BCUT2D eigenvalue weighted by molar-refractivity contribution is 5.70. The van der Waals surface area contributed by atoms with E-state index in [4.69, 9.17) is 5.11 Å². The van der Waals surface area contributed by atoms with Crippen LogP contribution in [-0.4, -0.2) is 16.1 Å². The van der Waals surface area contributed by atoms with Gasteiger partial charge >= 0.3 is 5.97 Å². The number of nitrogens with one attached hydrogen (secondary N) is 1. The van der Waals surface area contributed by atoms with E-state index in [1.165, 1.54) is 0 Å². The van der Waals surface area contributed by atoms with Crippen molar-refractivity contribution < 1.29 is 9.90 Å². The summed E-state index contributed by atoms with van der Waals surface area (Å²) in [7, 11) is 0. The second-order valence-electron chi connectivity index (χ2n) is 4.75. The van der Waals surface area contributed by atoms with Crippen molar-refractivity contribution in [1.29, 1.82) is 0 Å². The van der Waals surface area contributed by atoms with Crippen LogP contribution < -0.4 is 5.32 Å². The number of aryl methyl sites for hydroxylation is 1. The number of carbonyl (C=O) groups is 1. The fourth-order valence-electron chi connectivity index (χ4n) is 2.01. The third kappa shape index (κ3) is 4.17. The number of nitrogens with zero attached hydrogens (tertiary/aromatic N) is 1. The maximum atomic E-state index is 10.8. The number of aliphatic carboxylic acids is 1. The lowest BCUT2D eigenvalue weighted by Crippen LogP contribution is -2.15. The van der Waals surface area contributed by atoms with Gasteiger partial charge in [0.05, 0.1) is 6.42 Å². The first-order valence-corrected chi connectivity index (χ1v) is 6.56. The molecule has 0 aliphatic rings. The van der Waals surface area contributed by atoms with Crippen LogP contribution in [0.3, 0.4) is 0 Å². The van der Waals surface area contributed by atoms with E-state index in [1.807, 2.05) is 49.5 Å². The largest absolute Gasteiger partial charge is 0.481 e. The summed E-state index contributed by atoms with van der Waals surface area (Å²) >= 11 is 0. The Morgan fingerprint density at radius 2 is 1.90 bits per heavy atom. The van der Waals surface area contributed by atoms with Crippen LogP contribution in [0.2, 0.25) is 0 Å². The molecule has 0 amide bonds. The molecular weight excluding hydrogens is 252 g/mol. The molecule has 0 bridgehead atoms. The monoisotopic (exact) mass is 270 g/mol. The van der Waals surface area contributed by atoms with Gasteiger partial charge in [0.15, 0.2) is 0 Å². The predicted molar refractivity (Wildman–Crippen MR) is 77.3 cm³/mol. The van der Waals surface area contributed by atoms with E-state index in [9.17, 15) is 4.79 Å². The highest BCUT2D eigenvalue weighted by atomic mass is 16.4. The number of hydrogen-bond acceptors (Lipinski definition) is 3. The van der Waals surface area contributed by atoms with Gasteiger partial charge in [-0.15, -0.1) is 0 Å². The maximum absolute atomic E-state index is 10.8. The van der Waals surface area contributed by atoms with E-state index in [2.05, 4.69) is 10.3 Å². The molecule has 0 aliphatic heterocycles. The van der Waals surface area contributed by atoms with E-state index >= 15 is 0 Å². The van der Waals surface area contributed by atoms with Crippen molar-refractivity contribution in [2.75, 3.05) is 0 Å². The molecule has 1 heterocycles. The number of carboxylic acids is 1. The molecule has 20 heavy (non-hydrogen) atoms. The lowest BCUT2D eigenvalue weighted by Gasteiger charge is -2.09. The standard InChI is InChI=1S/C16H18N2O2/c1-12-6-7-13(10-18-12)9-17-11-15-5-3-2-4-14(15)8-16(19)20/h2-7,10,17H,8-9,11H2,1H3,(H,19,20). The number of hydrogen-bond donors (Lipinski definition) is 2. The number of carboxylic acid groups (broad SMARTS) is 1. The Hall–Kier alpha value is -2.20. The molecule has 2 rings (SSSR count). The first-order chi connectivity index (χ1) is 9.65. The molecule has 1 aromatic carbocycles. The Bertz CT molecular complexity index is 579. The van der Waals surface area contributed by atoms with Gasteiger partial charge in [0.25, 0.3) is 0 Å². The Balaban J connectivity index is 1.93. The summed E-state index contributed by atoms with van der Waals surface area (Å²) in [5.74, 6) is -0.805. The smallest absolute Gasteiger partial charge is 0.307 e. The molecule has 1 aromatic heterocycles. The second kappa shape index (κ2) is 6.82. The van der Waals surface area contributed by atoms with Crippen molar-refractivity contribution >= 4 is 5.97 Å². The van der Waals surface area contributed by atoms with Crippen LogP contribution in [0.25, 0.3) is 0 Å². The lowest BCUT2D eigenvalue weighted by molar-refractivity contribution is -0.136. The average Bonchev–Trinajstić information content (AvgIpc) is 2.42. The zero-order valence-corrected chi connectivity index (χ0v) is 11.5. The van der Waals surface area contributed by atoms with Crippen molar-refractivity contribution in [3.8, 4) is 0 Å². The second-order valence-corrected chi connectivity index (χ2v) is 4.75. The molecular formula is C16H18N2O2. The van der Waals surface area contributed by atoms with Gasteiger partial charge in [-0.2, -0.15) is 0 Å². The maximum Gasteiger partial charge on any atom is 0.307 e. The summed E-state index contributed by atoms with van der Waals surface area (Å²) < 4.78 is 0. The third-order valence-corrected chi connectivity index (χ3v) is 3.08. The van der Waals surface area contributed by atoms with Crippen LogP contribution in [0.1, 0.15) is 22.4 Å². The SMILES string of the molecule is Cc1ccc(CNCc2ccccc2CC(=O)O)cn1. The summed E-state index contributed by atoms with van der Waals surface area (Å²) in [6, 6.07) is 11.6. The fourth-order valence-corrected chi connectivity index (χ4v) is 2.01. The van der Waals surface area contributed by atoms with Gasteiger partial charge in [0, 0.05) is 25.0 Å². The van der Waals surface area contributed by atoms with Crippen molar-refractivity contribution in [3.05, 3.63) is 65.0 Å². The van der Waals surface area contributed by atoms with Gasteiger partial charge in [-0.1, -0.05) is 30.3 Å². The van der Waals surface area contributed by atoms with E-state index in [0.717, 1.165) is 22.4 Å². The zero-order valence-electron chi connectivity index (χ0n) is 11.5. The number of benzene rings is 1. The molecule has 104 valence electrons. The van der Waals surface area contributed by atoms with Crippen LogP contribution in [-0.2, 0) is 24.3 Å². The summed E-state index contributed by atoms with van der Waals surface area (Å²) in [6.45, 7) is 3.32. The molecule has 0 saturated heterocycles. The Kier molecular flexibility index (Phi) is 4.85. The molecule has 0 radical (unpaired) electrons. The van der Waals surface area contributed by atoms with Crippen LogP contribution in [0.15, 0.2) is 42.6 Å². The summed E-state index contributed by atoms with van der Waals surface area (Å²) in [5.41, 5.74) is 4.00. The van der Waals surface area contributed by atoms with E-state index in [1.54, 1.807) is 0 Å². The van der Waals surface area contributed by atoms with Crippen LogP contribution in [0.4, 0.5) is 0 Å². The molecule has 0 atom stereocenters. The lowest BCUT2D eigenvalue weighted by atomic mass is 10.0. The Morgan fingerprint density at radius 1 is 1.15 bits per heavy atom. The van der Waals surface area contributed by atoms with Gasteiger partial charge in [0.2, 0.25) is 0 Å². The van der Waals surface area contributed by atoms with Crippen LogP contribution >= 0.6 is 0 Å².